The predicted molar refractivity (Wildman–Crippen MR) is 117 cm³/mol. The molecule has 1 amide bonds. The van der Waals surface area contributed by atoms with Crippen LogP contribution < -0.4 is 10.1 Å². The average Bonchev–Trinajstić information content (AvgIpc) is 3.39. The predicted octanol–water partition coefficient (Wildman–Crippen LogP) is 4.49. The Labute approximate surface area is 182 Å². The van der Waals surface area contributed by atoms with Crippen molar-refractivity contribution in [3.8, 4) is 5.75 Å². The molecule has 0 radical (unpaired) electrons. The van der Waals surface area contributed by atoms with Gasteiger partial charge in [0.25, 0.3) is 5.91 Å². The number of hydrogen-bond acceptors (Lipinski definition) is 4. The SMILES string of the molecule is Cc1ccccc1Cn1ccc(NC(=O)c2ccn(COc3ccc(Br)cc3)n2)n1. The first-order valence-corrected chi connectivity index (χ1v) is 10.2. The van der Waals surface area contributed by atoms with E-state index in [4.69, 9.17) is 4.74 Å². The summed E-state index contributed by atoms with van der Waals surface area (Å²) < 4.78 is 10.00. The van der Waals surface area contributed by atoms with Crippen molar-refractivity contribution < 1.29 is 9.53 Å². The van der Waals surface area contributed by atoms with Crippen molar-refractivity contribution in [3.05, 3.63) is 94.4 Å². The average molecular weight is 466 g/mol. The topological polar surface area (TPSA) is 74.0 Å². The van der Waals surface area contributed by atoms with Crippen LogP contribution in [0.15, 0.2) is 77.5 Å². The molecule has 0 bridgehead atoms. The molecule has 0 spiro atoms. The van der Waals surface area contributed by atoms with Crippen LogP contribution in [0.5, 0.6) is 5.75 Å². The lowest BCUT2D eigenvalue weighted by atomic mass is 10.1. The van der Waals surface area contributed by atoms with E-state index in [2.05, 4.69) is 50.5 Å². The number of aromatic nitrogens is 4. The molecule has 8 heteroatoms. The van der Waals surface area contributed by atoms with Crippen LogP contribution >= 0.6 is 15.9 Å². The largest absolute Gasteiger partial charge is 0.471 e. The molecule has 2 heterocycles. The molecule has 0 saturated heterocycles. The zero-order valence-electron chi connectivity index (χ0n) is 16.3. The Hall–Kier alpha value is -3.39. The molecule has 2 aromatic carbocycles. The molecule has 0 aliphatic carbocycles. The lowest BCUT2D eigenvalue weighted by molar-refractivity contribution is 0.101. The van der Waals surface area contributed by atoms with Crippen LogP contribution in [0, 0.1) is 6.92 Å². The van der Waals surface area contributed by atoms with Crippen LogP contribution in [0.1, 0.15) is 21.6 Å². The van der Waals surface area contributed by atoms with Gasteiger partial charge in [-0.05, 0) is 48.4 Å². The minimum absolute atomic E-state index is 0.208. The summed E-state index contributed by atoms with van der Waals surface area (Å²) >= 11 is 3.38. The molecule has 0 atom stereocenters. The van der Waals surface area contributed by atoms with E-state index in [-0.39, 0.29) is 12.6 Å². The van der Waals surface area contributed by atoms with Crippen LogP contribution in [0.3, 0.4) is 0 Å². The first-order valence-electron chi connectivity index (χ1n) is 9.38. The van der Waals surface area contributed by atoms with Crippen molar-refractivity contribution in [2.45, 2.75) is 20.2 Å². The highest BCUT2D eigenvalue weighted by Gasteiger charge is 2.12. The summed E-state index contributed by atoms with van der Waals surface area (Å²) in [5.41, 5.74) is 2.68. The first-order chi connectivity index (χ1) is 14.6. The van der Waals surface area contributed by atoms with Crippen LogP contribution in [0.25, 0.3) is 0 Å². The summed E-state index contributed by atoms with van der Waals surface area (Å²) in [7, 11) is 0. The van der Waals surface area contributed by atoms with E-state index < -0.39 is 0 Å². The third-order valence-corrected chi connectivity index (χ3v) is 5.05. The Morgan fingerprint density at radius 3 is 2.57 bits per heavy atom. The lowest BCUT2D eigenvalue weighted by Gasteiger charge is -2.06. The number of hydrogen-bond donors (Lipinski definition) is 1. The van der Waals surface area contributed by atoms with Gasteiger partial charge in [-0.1, -0.05) is 40.2 Å². The van der Waals surface area contributed by atoms with Crippen molar-refractivity contribution in [2.24, 2.45) is 0 Å². The number of halogens is 1. The van der Waals surface area contributed by atoms with Gasteiger partial charge in [0.1, 0.15) is 5.75 Å². The fraction of sp³-hybridized carbons (Fsp3) is 0.136. The van der Waals surface area contributed by atoms with Gasteiger partial charge < -0.3 is 10.1 Å². The van der Waals surface area contributed by atoms with Crippen molar-refractivity contribution in [1.82, 2.24) is 19.6 Å². The standard InChI is InChI=1S/C22H20BrN5O2/c1-16-4-2-3-5-17(16)14-27-13-11-21(26-27)24-22(29)20-10-12-28(25-20)15-30-19-8-6-18(23)7-9-19/h2-13H,14-15H2,1H3,(H,24,26,29). The first kappa shape index (κ1) is 19.9. The molecule has 4 aromatic rings. The van der Waals surface area contributed by atoms with Crippen molar-refractivity contribution >= 4 is 27.7 Å². The van der Waals surface area contributed by atoms with Crippen molar-refractivity contribution in [2.75, 3.05) is 5.32 Å². The number of nitrogens with one attached hydrogen (secondary N) is 1. The molecular weight excluding hydrogens is 446 g/mol. The number of nitrogens with zero attached hydrogens (tertiary/aromatic N) is 4. The fourth-order valence-corrected chi connectivity index (χ4v) is 3.15. The van der Waals surface area contributed by atoms with Gasteiger partial charge >= 0.3 is 0 Å². The highest BCUT2D eigenvalue weighted by molar-refractivity contribution is 9.10. The molecule has 0 fully saturated rings. The third kappa shape index (κ3) is 4.96. The molecular formula is C22H20BrN5O2. The summed E-state index contributed by atoms with van der Waals surface area (Å²) in [6, 6.07) is 19.1. The lowest BCUT2D eigenvalue weighted by Crippen LogP contribution is -2.15. The van der Waals surface area contributed by atoms with Crippen LogP contribution in [-0.4, -0.2) is 25.5 Å². The number of carbonyl (C=O) groups excluding carboxylic acids is 1. The second kappa shape index (κ2) is 8.96. The minimum Gasteiger partial charge on any atom is -0.471 e. The van der Waals surface area contributed by atoms with Gasteiger partial charge in [0.05, 0.1) is 6.54 Å². The molecule has 4 rings (SSSR count). The maximum atomic E-state index is 12.5. The monoisotopic (exact) mass is 465 g/mol. The molecule has 30 heavy (non-hydrogen) atoms. The molecule has 7 nitrogen and oxygen atoms in total. The molecule has 2 aromatic heterocycles. The zero-order chi connectivity index (χ0) is 20.9. The number of anilines is 1. The van der Waals surface area contributed by atoms with E-state index in [0.29, 0.717) is 18.1 Å². The highest BCUT2D eigenvalue weighted by Crippen LogP contribution is 2.16. The Balaban J connectivity index is 1.34. The van der Waals surface area contributed by atoms with Gasteiger partial charge in [0.15, 0.2) is 18.2 Å². The fourth-order valence-electron chi connectivity index (χ4n) is 2.88. The molecule has 0 saturated carbocycles. The summed E-state index contributed by atoms with van der Waals surface area (Å²) in [4.78, 5) is 12.5. The summed E-state index contributed by atoms with van der Waals surface area (Å²) in [6.45, 7) is 2.92. The molecule has 152 valence electrons. The number of amides is 1. The van der Waals surface area contributed by atoms with Gasteiger partial charge in [0, 0.05) is 22.9 Å². The van der Waals surface area contributed by atoms with Crippen LogP contribution in [0.4, 0.5) is 5.82 Å². The van der Waals surface area contributed by atoms with E-state index in [0.717, 1.165) is 10.2 Å². The number of ether oxygens (including phenoxy) is 1. The Bertz CT molecular complexity index is 1150. The second-order valence-electron chi connectivity index (χ2n) is 6.75. The van der Waals surface area contributed by atoms with Gasteiger partial charge in [-0.25, -0.2) is 4.68 Å². The molecule has 1 N–H and O–H groups in total. The summed E-state index contributed by atoms with van der Waals surface area (Å²) in [6.07, 6.45) is 3.54. The van der Waals surface area contributed by atoms with E-state index >= 15 is 0 Å². The quantitative estimate of drug-likeness (QED) is 0.436. The number of benzene rings is 2. The van der Waals surface area contributed by atoms with Crippen molar-refractivity contribution in [1.29, 1.82) is 0 Å². The maximum absolute atomic E-state index is 12.5. The van der Waals surface area contributed by atoms with Gasteiger partial charge in [-0.15, -0.1) is 0 Å². The van der Waals surface area contributed by atoms with E-state index in [1.807, 2.05) is 42.6 Å². The molecule has 0 unspecified atom stereocenters. The summed E-state index contributed by atoms with van der Waals surface area (Å²) in [5, 5.41) is 11.5. The van der Waals surface area contributed by atoms with Crippen LogP contribution in [0.2, 0.25) is 0 Å². The number of aryl methyl sites for hydroxylation is 1. The Morgan fingerprint density at radius 1 is 1.00 bits per heavy atom. The van der Waals surface area contributed by atoms with Gasteiger partial charge in [0.2, 0.25) is 0 Å². The zero-order valence-corrected chi connectivity index (χ0v) is 17.9. The number of rotatable bonds is 7. The highest BCUT2D eigenvalue weighted by atomic mass is 79.9. The number of carbonyl (C=O) groups is 1. The smallest absolute Gasteiger partial charge is 0.277 e. The second-order valence-corrected chi connectivity index (χ2v) is 7.66. The summed E-state index contributed by atoms with van der Waals surface area (Å²) in [5.74, 6) is 0.881. The van der Waals surface area contributed by atoms with E-state index in [9.17, 15) is 4.79 Å². The van der Waals surface area contributed by atoms with Gasteiger partial charge in [-0.2, -0.15) is 10.2 Å². The third-order valence-electron chi connectivity index (χ3n) is 4.53. The molecule has 0 aliphatic heterocycles. The van der Waals surface area contributed by atoms with Gasteiger partial charge in [-0.3, -0.25) is 9.48 Å². The van der Waals surface area contributed by atoms with Crippen LogP contribution in [-0.2, 0) is 13.3 Å². The van der Waals surface area contributed by atoms with Crippen molar-refractivity contribution in [3.63, 3.8) is 0 Å². The Morgan fingerprint density at radius 2 is 1.77 bits per heavy atom. The minimum atomic E-state index is -0.321. The van der Waals surface area contributed by atoms with E-state index in [1.54, 1.807) is 27.7 Å². The Kier molecular flexibility index (Phi) is 5.94. The maximum Gasteiger partial charge on any atom is 0.277 e. The van der Waals surface area contributed by atoms with E-state index in [1.165, 1.54) is 11.1 Å². The molecule has 0 aliphatic rings. The normalized spacial score (nSPS) is 10.7.